The molecule has 7 heteroatoms. The molecular formula is C19H15F3N2O2. The van der Waals surface area contributed by atoms with E-state index in [1.165, 1.54) is 17.2 Å². The highest BCUT2D eigenvalue weighted by molar-refractivity contribution is 6.08. The molecule has 1 aliphatic heterocycles. The summed E-state index contributed by atoms with van der Waals surface area (Å²) in [6.07, 6.45) is -2.76. The third-order valence-corrected chi connectivity index (χ3v) is 5.18. The summed E-state index contributed by atoms with van der Waals surface area (Å²) >= 11 is 0. The first-order valence-electron chi connectivity index (χ1n) is 8.23. The Hall–Kier alpha value is -2.70. The number of pyridine rings is 1. The van der Waals surface area contributed by atoms with Gasteiger partial charge in [0.15, 0.2) is 0 Å². The van der Waals surface area contributed by atoms with E-state index in [2.05, 4.69) is 4.98 Å². The van der Waals surface area contributed by atoms with Crippen LogP contribution >= 0.6 is 0 Å². The number of rotatable bonds is 3. The van der Waals surface area contributed by atoms with E-state index in [0.29, 0.717) is 12.0 Å². The third kappa shape index (κ3) is 2.67. The Morgan fingerprint density at radius 1 is 1.12 bits per heavy atom. The van der Waals surface area contributed by atoms with Gasteiger partial charge in [0.2, 0.25) is 11.8 Å². The van der Waals surface area contributed by atoms with Crippen molar-refractivity contribution in [2.24, 2.45) is 5.41 Å². The predicted molar refractivity (Wildman–Crippen MR) is 85.6 cm³/mol. The van der Waals surface area contributed by atoms with E-state index in [-0.39, 0.29) is 30.7 Å². The number of hydrogen-bond acceptors (Lipinski definition) is 3. The first kappa shape index (κ1) is 16.8. The Labute approximate surface area is 147 Å². The summed E-state index contributed by atoms with van der Waals surface area (Å²) in [6.45, 7) is 0.220. The van der Waals surface area contributed by atoms with Crippen LogP contribution in [-0.4, -0.2) is 21.7 Å². The molecule has 0 N–H and O–H groups in total. The van der Waals surface area contributed by atoms with Crippen molar-refractivity contribution in [3.05, 3.63) is 65.5 Å². The van der Waals surface area contributed by atoms with Crippen LogP contribution in [0.25, 0.3) is 0 Å². The second-order valence-corrected chi connectivity index (χ2v) is 6.83. The van der Waals surface area contributed by atoms with Gasteiger partial charge in [0.25, 0.3) is 0 Å². The molecule has 1 aromatic heterocycles. The summed E-state index contributed by atoms with van der Waals surface area (Å²) in [5.41, 5.74) is -0.344. The normalized spacial score (nSPS) is 25.2. The van der Waals surface area contributed by atoms with Crippen molar-refractivity contribution in [3.63, 3.8) is 0 Å². The second kappa shape index (κ2) is 5.65. The van der Waals surface area contributed by atoms with E-state index >= 15 is 0 Å². The standard InChI is InChI=1S/C19H15F3N2O2/c20-19(21,22)15-7-6-13(10-23-15)14-8-18(14)9-16(25)24(17(18)26)11-12-4-2-1-3-5-12/h1-7,10,14H,8-9,11H2/t14-,18?/m1/s1. The van der Waals surface area contributed by atoms with Crippen molar-refractivity contribution in [2.45, 2.75) is 31.5 Å². The molecule has 2 aliphatic rings. The van der Waals surface area contributed by atoms with Gasteiger partial charge in [-0.25, -0.2) is 0 Å². The van der Waals surface area contributed by atoms with Gasteiger partial charge < -0.3 is 0 Å². The molecule has 26 heavy (non-hydrogen) atoms. The molecular weight excluding hydrogens is 345 g/mol. The Morgan fingerprint density at radius 3 is 2.46 bits per heavy atom. The molecule has 4 nitrogen and oxygen atoms in total. The zero-order valence-corrected chi connectivity index (χ0v) is 13.7. The number of carbonyl (C=O) groups excluding carboxylic acids is 2. The van der Waals surface area contributed by atoms with Gasteiger partial charge in [-0.15, -0.1) is 0 Å². The molecule has 2 aromatic rings. The summed E-state index contributed by atoms with van der Waals surface area (Å²) in [5, 5.41) is 0. The lowest BCUT2D eigenvalue weighted by Crippen LogP contribution is -2.30. The van der Waals surface area contributed by atoms with Crippen LogP contribution in [0.3, 0.4) is 0 Å². The maximum atomic E-state index is 12.8. The predicted octanol–water partition coefficient (Wildman–Crippen LogP) is 3.53. The number of amides is 2. The van der Waals surface area contributed by atoms with Crippen LogP contribution < -0.4 is 0 Å². The zero-order valence-electron chi connectivity index (χ0n) is 13.7. The summed E-state index contributed by atoms with van der Waals surface area (Å²) in [6, 6.07) is 11.5. The summed E-state index contributed by atoms with van der Waals surface area (Å²) in [7, 11) is 0. The number of benzene rings is 1. The van der Waals surface area contributed by atoms with Crippen molar-refractivity contribution in [2.75, 3.05) is 0 Å². The Bertz CT molecular complexity index is 865. The van der Waals surface area contributed by atoms with Crippen LogP contribution in [-0.2, 0) is 22.3 Å². The SMILES string of the molecule is O=C1CC2(C[C@@H]2c2ccc(C(F)(F)F)nc2)C(=O)N1Cc1ccccc1. The van der Waals surface area contributed by atoms with Gasteiger partial charge in [0.1, 0.15) is 5.69 Å². The van der Waals surface area contributed by atoms with Gasteiger partial charge in [-0.1, -0.05) is 36.4 Å². The Morgan fingerprint density at radius 2 is 1.85 bits per heavy atom. The molecule has 2 atom stereocenters. The van der Waals surface area contributed by atoms with E-state index in [9.17, 15) is 22.8 Å². The number of nitrogens with zero attached hydrogens (tertiary/aromatic N) is 2. The lowest BCUT2D eigenvalue weighted by molar-refractivity contribution is -0.142. The Balaban J connectivity index is 1.52. The van der Waals surface area contributed by atoms with Crippen molar-refractivity contribution in [1.82, 2.24) is 9.88 Å². The lowest BCUT2D eigenvalue weighted by atomic mass is 9.98. The highest BCUT2D eigenvalue weighted by Crippen LogP contribution is 2.65. The number of likely N-dealkylation sites (tertiary alicyclic amines) is 1. The molecule has 4 rings (SSSR count). The van der Waals surface area contributed by atoms with Crippen molar-refractivity contribution in [3.8, 4) is 0 Å². The van der Waals surface area contributed by atoms with Crippen molar-refractivity contribution in [1.29, 1.82) is 0 Å². The quantitative estimate of drug-likeness (QED) is 0.787. The molecule has 2 amide bonds. The fourth-order valence-corrected chi connectivity index (χ4v) is 3.70. The van der Waals surface area contributed by atoms with Crippen LogP contribution in [0.5, 0.6) is 0 Å². The van der Waals surface area contributed by atoms with Crippen LogP contribution in [0, 0.1) is 5.41 Å². The van der Waals surface area contributed by atoms with E-state index < -0.39 is 17.3 Å². The fourth-order valence-electron chi connectivity index (χ4n) is 3.70. The molecule has 134 valence electrons. The van der Waals surface area contributed by atoms with Gasteiger partial charge in [-0.3, -0.25) is 19.5 Å². The number of imide groups is 1. The van der Waals surface area contributed by atoms with Gasteiger partial charge in [0, 0.05) is 18.5 Å². The van der Waals surface area contributed by atoms with E-state index in [4.69, 9.17) is 0 Å². The van der Waals surface area contributed by atoms with E-state index in [1.807, 2.05) is 30.3 Å². The molecule has 0 bridgehead atoms. The van der Waals surface area contributed by atoms with Crippen LogP contribution in [0.2, 0.25) is 0 Å². The fraction of sp³-hybridized carbons (Fsp3) is 0.316. The number of aromatic nitrogens is 1. The smallest absolute Gasteiger partial charge is 0.278 e. The van der Waals surface area contributed by atoms with Crippen LogP contribution in [0.1, 0.15) is 35.6 Å². The van der Waals surface area contributed by atoms with Crippen LogP contribution in [0.4, 0.5) is 13.2 Å². The molecule has 1 spiro atoms. The molecule has 1 saturated carbocycles. The zero-order chi connectivity index (χ0) is 18.5. The van der Waals surface area contributed by atoms with Gasteiger partial charge in [-0.05, 0) is 23.6 Å². The molecule has 2 fully saturated rings. The van der Waals surface area contributed by atoms with Gasteiger partial charge in [-0.2, -0.15) is 13.2 Å². The number of alkyl halides is 3. The largest absolute Gasteiger partial charge is 0.433 e. The highest BCUT2D eigenvalue weighted by Gasteiger charge is 2.67. The van der Waals surface area contributed by atoms with Gasteiger partial charge in [0.05, 0.1) is 12.0 Å². The highest BCUT2D eigenvalue weighted by atomic mass is 19.4. The summed E-state index contributed by atoms with van der Waals surface area (Å²) in [4.78, 5) is 29.9. The van der Waals surface area contributed by atoms with Crippen molar-refractivity contribution < 1.29 is 22.8 Å². The average Bonchev–Trinajstić information content (AvgIpc) is 3.29. The van der Waals surface area contributed by atoms with E-state index in [0.717, 1.165) is 11.6 Å². The Kier molecular flexibility index (Phi) is 3.64. The molecule has 1 unspecified atom stereocenters. The average molecular weight is 360 g/mol. The first-order chi connectivity index (χ1) is 12.3. The van der Waals surface area contributed by atoms with Gasteiger partial charge >= 0.3 is 6.18 Å². The maximum Gasteiger partial charge on any atom is 0.433 e. The molecule has 2 heterocycles. The number of halogens is 3. The minimum absolute atomic E-state index is 0.102. The number of carbonyl (C=O) groups is 2. The summed E-state index contributed by atoms with van der Waals surface area (Å²) in [5.74, 6) is -0.730. The monoisotopic (exact) mass is 360 g/mol. The van der Waals surface area contributed by atoms with E-state index in [1.54, 1.807) is 0 Å². The molecule has 1 aliphatic carbocycles. The summed E-state index contributed by atoms with van der Waals surface area (Å²) < 4.78 is 37.9. The van der Waals surface area contributed by atoms with Crippen LogP contribution in [0.15, 0.2) is 48.7 Å². The van der Waals surface area contributed by atoms with Crippen molar-refractivity contribution >= 4 is 11.8 Å². The molecule has 0 radical (unpaired) electrons. The maximum absolute atomic E-state index is 12.8. The molecule has 1 aromatic carbocycles. The minimum Gasteiger partial charge on any atom is -0.278 e. The second-order valence-electron chi connectivity index (χ2n) is 6.83. The first-order valence-corrected chi connectivity index (χ1v) is 8.23. The topological polar surface area (TPSA) is 50.3 Å². The lowest BCUT2D eigenvalue weighted by Gasteiger charge is -2.15. The minimum atomic E-state index is -4.49. The third-order valence-electron chi connectivity index (χ3n) is 5.18. The number of hydrogen-bond donors (Lipinski definition) is 0. The molecule has 1 saturated heterocycles.